The van der Waals surface area contributed by atoms with Gasteiger partial charge in [-0.05, 0) is 24.6 Å². The number of anilines is 1. The molecule has 0 fully saturated rings. The average molecular weight is 295 g/mol. The summed E-state index contributed by atoms with van der Waals surface area (Å²) in [6.45, 7) is 1.91. The topological polar surface area (TPSA) is 91.0 Å². The highest BCUT2D eigenvalue weighted by atomic mass is 16.5. The van der Waals surface area contributed by atoms with Crippen LogP contribution in [0, 0.1) is 18.3 Å². The summed E-state index contributed by atoms with van der Waals surface area (Å²) >= 11 is 0. The maximum absolute atomic E-state index is 9.48. The number of rotatable bonds is 2. The van der Waals surface area contributed by atoms with Crippen LogP contribution in [0.1, 0.15) is 22.7 Å². The number of nitrogens with two attached hydrogens (primary N) is 1. The number of hydrogen-bond donors (Lipinski definition) is 2. The van der Waals surface area contributed by atoms with Crippen LogP contribution in [0.4, 0.5) is 5.69 Å². The minimum Gasteiger partial charge on any atom is -0.420 e. The molecule has 1 aliphatic heterocycles. The second kappa shape index (κ2) is 5.11. The molecule has 0 aliphatic carbocycles. The van der Waals surface area contributed by atoms with Crippen molar-refractivity contribution >= 4 is 5.69 Å². The Morgan fingerprint density at radius 3 is 2.59 bits per heavy atom. The number of benzene rings is 1. The van der Waals surface area contributed by atoms with Crippen LogP contribution in [0.2, 0.25) is 0 Å². The second-order valence-corrected chi connectivity index (χ2v) is 5.48. The molecule has 0 spiro atoms. The van der Waals surface area contributed by atoms with E-state index in [1.807, 2.05) is 50.2 Å². The highest BCUT2D eigenvalue weighted by molar-refractivity contribution is 5.57. The number of hydrogen-bond acceptors (Lipinski definition) is 5. The number of aromatic nitrogens is 2. The summed E-state index contributed by atoms with van der Waals surface area (Å²) in [7, 11) is 3.97. The summed E-state index contributed by atoms with van der Waals surface area (Å²) in [5, 5.41) is 16.5. The van der Waals surface area contributed by atoms with Crippen molar-refractivity contribution < 1.29 is 4.74 Å². The SMILES string of the molecule is Cc1[nH]nc2c1C(c1ccc(N(C)C)cc1)C(C#N)=C(N)O2. The Hall–Kier alpha value is -2.94. The van der Waals surface area contributed by atoms with Gasteiger partial charge in [0.05, 0.1) is 5.92 Å². The van der Waals surface area contributed by atoms with Crippen molar-refractivity contribution in [3.63, 3.8) is 0 Å². The predicted octanol–water partition coefficient (Wildman–Crippen LogP) is 2.00. The molecule has 1 aliphatic rings. The van der Waals surface area contributed by atoms with Gasteiger partial charge in [0.15, 0.2) is 0 Å². The molecule has 0 radical (unpaired) electrons. The molecular formula is C16H17N5O. The average Bonchev–Trinajstić information content (AvgIpc) is 2.87. The summed E-state index contributed by atoms with van der Waals surface area (Å²) in [4.78, 5) is 2.03. The Balaban J connectivity index is 2.14. The third-order valence-corrected chi connectivity index (χ3v) is 3.87. The van der Waals surface area contributed by atoms with Crippen molar-refractivity contribution in [2.75, 3.05) is 19.0 Å². The van der Waals surface area contributed by atoms with Crippen LogP contribution in [-0.4, -0.2) is 24.3 Å². The molecule has 0 amide bonds. The van der Waals surface area contributed by atoms with Gasteiger partial charge in [-0.15, -0.1) is 5.10 Å². The number of nitrogens with one attached hydrogen (secondary N) is 1. The van der Waals surface area contributed by atoms with Gasteiger partial charge in [0.25, 0.3) is 0 Å². The first-order chi connectivity index (χ1) is 10.5. The Bertz CT molecular complexity index is 780. The predicted molar refractivity (Wildman–Crippen MR) is 83.4 cm³/mol. The molecule has 22 heavy (non-hydrogen) atoms. The molecule has 1 aromatic carbocycles. The fourth-order valence-electron chi connectivity index (χ4n) is 2.70. The Labute approximate surface area is 128 Å². The van der Waals surface area contributed by atoms with Gasteiger partial charge < -0.3 is 15.4 Å². The minimum atomic E-state index is -0.260. The van der Waals surface area contributed by atoms with E-state index in [9.17, 15) is 5.26 Å². The normalized spacial score (nSPS) is 16.7. The van der Waals surface area contributed by atoms with Crippen LogP contribution in [0.3, 0.4) is 0 Å². The number of fused-ring (bicyclic) bond motifs is 1. The molecule has 2 heterocycles. The van der Waals surface area contributed by atoms with Crippen molar-refractivity contribution in [3.8, 4) is 11.9 Å². The van der Waals surface area contributed by atoms with E-state index in [0.29, 0.717) is 11.5 Å². The molecule has 1 aromatic heterocycles. The number of aryl methyl sites for hydroxylation is 1. The minimum absolute atomic E-state index is 0.114. The lowest BCUT2D eigenvalue weighted by molar-refractivity contribution is 0.379. The van der Waals surface area contributed by atoms with Crippen molar-refractivity contribution in [1.82, 2.24) is 10.2 Å². The first kappa shape index (κ1) is 14.0. The molecule has 3 rings (SSSR count). The number of ether oxygens (including phenoxy) is 1. The second-order valence-electron chi connectivity index (χ2n) is 5.48. The number of nitrogens with zero attached hydrogens (tertiary/aromatic N) is 3. The van der Waals surface area contributed by atoms with Crippen molar-refractivity contribution in [2.45, 2.75) is 12.8 Å². The molecule has 1 unspecified atom stereocenters. The van der Waals surface area contributed by atoms with Crippen molar-refractivity contribution in [2.24, 2.45) is 5.73 Å². The van der Waals surface area contributed by atoms with Crippen LogP contribution in [0.15, 0.2) is 35.7 Å². The van der Waals surface area contributed by atoms with Crippen molar-refractivity contribution in [3.05, 3.63) is 52.5 Å². The number of allylic oxidation sites excluding steroid dienone is 1. The van der Waals surface area contributed by atoms with E-state index in [2.05, 4.69) is 16.3 Å². The van der Waals surface area contributed by atoms with Crippen LogP contribution in [0.5, 0.6) is 5.88 Å². The zero-order chi connectivity index (χ0) is 15.9. The standard InChI is InChI=1S/C16H17N5O/c1-9-13-14(10-4-6-11(7-5-10)21(2)3)12(8-17)15(18)22-16(13)20-19-9/h4-7,14H,18H2,1-3H3,(H,19,20). The fourth-order valence-corrected chi connectivity index (χ4v) is 2.70. The monoisotopic (exact) mass is 295 g/mol. The van der Waals surface area contributed by atoms with Gasteiger partial charge in [-0.1, -0.05) is 12.1 Å². The van der Waals surface area contributed by atoms with Gasteiger partial charge in [-0.25, -0.2) is 0 Å². The first-order valence-corrected chi connectivity index (χ1v) is 6.92. The third-order valence-electron chi connectivity index (χ3n) is 3.87. The Kier molecular flexibility index (Phi) is 3.26. The molecule has 3 N–H and O–H groups in total. The largest absolute Gasteiger partial charge is 0.420 e. The Morgan fingerprint density at radius 1 is 1.32 bits per heavy atom. The first-order valence-electron chi connectivity index (χ1n) is 6.92. The number of aromatic amines is 1. The van der Waals surface area contributed by atoms with Crippen LogP contribution in [-0.2, 0) is 0 Å². The Morgan fingerprint density at radius 2 is 2.00 bits per heavy atom. The van der Waals surface area contributed by atoms with E-state index < -0.39 is 0 Å². The summed E-state index contributed by atoms with van der Waals surface area (Å²) in [6, 6.07) is 10.2. The van der Waals surface area contributed by atoms with Gasteiger partial charge >= 0.3 is 0 Å². The van der Waals surface area contributed by atoms with Gasteiger partial charge in [-0.2, -0.15) is 5.26 Å². The molecular weight excluding hydrogens is 278 g/mol. The molecule has 2 aromatic rings. The molecule has 0 saturated heterocycles. The van der Waals surface area contributed by atoms with Crippen LogP contribution >= 0.6 is 0 Å². The zero-order valence-corrected chi connectivity index (χ0v) is 12.7. The lowest BCUT2D eigenvalue weighted by atomic mass is 9.84. The maximum Gasteiger partial charge on any atom is 0.244 e. The number of H-pyrrole nitrogens is 1. The quantitative estimate of drug-likeness (QED) is 0.884. The van der Waals surface area contributed by atoms with E-state index in [4.69, 9.17) is 10.5 Å². The van der Waals surface area contributed by atoms with Gasteiger partial charge in [-0.3, -0.25) is 5.10 Å². The lowest BCUT2D eigenvalue weighted by Gasteiger charge is -2.24. The van der Waals surface area contributed by atoms with Gasteiger partial charge in [0.1, 0.15) is 11.6 Å². The molecule has 6 nitrogen and oxygen atoms in total. The zero-order valence-electron chi connectivity index (χ0n) is 12.7. The van der Waals surface area contributed by atoms with Gasteiger partial charge in [0, 0.05) is 31.0 Å². The smallest absolute Gasteiger partial charge is 0.244 e. The molecule has 1 atom stereocenters. The molecule has 0 bridgehead atoms. The summed E-state index contributed by atoms with van der Waals surface area (Å²) in [5.74, 6) is 0.294. The molecule has 112 valence electrons. The fraction of sp³-hybridized carbons (Fsp3) is 0.250. The molecule has 0 saturated carbocycles. The van der Waals surface area contributed by atoms with E-state index in [1.165, 1.54) is 0 Å². The van der Waals surface area contributed by atoms with E-state index >= 15 is 0 Å². The summed E-state index contributed by atoms with van der Waals surface area (Å²) in [5.41, 5.74) is 10.1. The third kappa shape index (κ3) is 2.07. The van der Waals surface area contributed by atoms with E-state index in [0.717, 1.165) is 22.5 Å². The highest BCUT2D eigenvalue weighted by Gasteiger charge is 2.34. The van der Waals surface area contributed by atoms with E-state index in [1.54, 1.807) is 0 Å². The highest BCUT2D eigenvalue weighted by Crippen LogP contribution is 2.42. The number of nitriles is 1. The summed E-state index contributed by atoms with van der Waals surface area (Å²) in [6.07, 6.45) is 0. The van der Waals surface area contributed by atoms with Crippen LogP contribution in [0.25, 0.3) is 0 Å². The summed E-state index contributed by atoms with van der Waals surface area (Å²) < 4.78 is 5.45. The van der Waals surface area contributed by atoms with Crippen LogP contribution < -0.4 is 15.4 Å². The molecule has 6 heteroatoms. The maximum atomic E-state index is 9.48. The van der Waals surface area contributed by atoms with Crippen molar-refractivity contribution in [1.29, 1.82) is 5.26 Å². The van der Waals surface area contributed by atoms with Gasteiger partial charge in [0.2, 0.25) is 11.8 Å². The lowest BCUT2D eigenvalue weighted by Crippen LogP contribution is -2.21. The van der Waals surface area contributed by atoms with E-state index in [-0.39, 0.29) is 11.8 Å².